The number of likely N-dealkylation sites (tertiary alicyclic amines) is 1. The molecule has 0 radical (unpaired) electrons. The van der Waals surface area contributed by atoms with Crippen molar-refractivity contribution < 1.29 is 18.8 Å². The number of benzene rings is 2. The maximum atomic E-state index is 14.3. The lowest BCUT2D eigenvalue weighted by Gasteiger charge is -2.42. The molecule has 6 rings (SSSR count). The van der Waals surface area contributed by atoms with Crippen LogP contribution in [0.4, 0.5) is 5.82 Å². The van der Waals surface area contributed by atoms with E-state index in [9.17, 15) is 14.9 Å². The molecule has 4 heterocycles. The summed E-state index contributed by atoms with van der Waals surface area (Å²) in [6.07, 6.45) is 5.26. The van der Waals surface area contributed by atoms with Crippen LogP contribution in [0.3, 0.4) is 0 Å². The van der Waals surface area contributed by atoms with Crippen LogP contribution >= 0.6 is 0 Å². The van der Waals surface area contributed by atoms with Crippen LogP contribution < -0.4 is 9.64 Å². The first kappa shape index (κ1) is 32.8. The van der Waals surface area contributed by atoms with Crippen LogP contribution in [0.5, 0.6) is 5.75 Å². The molecule has 2 amide bonds. The summed E-state index contributed by atoms with van der Waals surface area (Å²) < 4.78 is 11.9. The van der Waals surface area contributed by atoms with Gasteiger partial charge in [0, 0.05) is 56.4 Å². The number of hydrogen-bond donors (Lipinski definition) is 0. The second kappa shape index (κ2) is 14.7. The molecule has 10 heteroatoms. The van der Waals surface area contributed by atoms with Gasteiger partial charge in [0.15, 0.2) is 0 Å². The number of rotatable bonds is 5. The summed E-state index contributed by atoms with van der Waals surface area (Å²) in [5.41, 5.74) is 3.55. The van der Waals surface area contributed by atoms with Gasteiger partial charge in [-0.2, -0.15) is 5.26 Å². The molecule has 2 aromatic heterocycles. The SMILES string of the molecule is Cc1noc(C)c1CC(=O)N1CCC2(CCCN(c3ccc(C#N)cn3)CCN(Cc3ccccc3)C(=O)c3ccccc3OC2)CC1. The van der Waals surface area contributed by atoms with Gasteiger partial charge in [0.1, 0.15) is 23.4 Å². The molecular weight excluding hydrogens is 604 g/mol. The second-order valence-electron chi connectivity index (χ2n) is 13.0. The van der Waals surface area contributed by atoms with Gasteiger partial charge in [-0.15, -0.1) is 0 Å². The maximum absolute atomic E-state index is 14.3. The van der Waals surface area contributed by atoms with E-state index in [1.165, 1.54) is 0 Å². The normalized spacial score (nSPS) is 17.0. The van der Waals surface area contributed by atoms with E-state index in [1.807, 2.05) is 84.3 Å². The first-order chi connectivity index (χ1) is 23.3. The molecule has 4 aromatic rings. The van der Waals surface area contributed by atoms with E-state index in [4.69, 9.17) is 9.26 Å². The molecule has 2 aliphatic heterocycles. The molecule has 48 heavy (non-hydrogen) atoms. The molecule has 0 N–H and O–H groups in total. The number of aryl methyl sites for hydroxylation is 2. The summed E-state index contributed by atoms with van der Waals surface area (Å²) in [5, 5.41) is 13.4. The molecule has 1 spiro atoms. The number of fused-ring (bicyclic) bond motifs is 1. The first-order valence-electron chi connectivity index (χ1n) is 16.7. The lowest BCUT2D eigenvalue weighted by molar-refractivity contribution is -0.133. The fourth-order valence-electron chi connectivity index (χ4n) is 6.81. The van der Waals surface area contributed by atoms with Crippen molar-refractivity contribution in [3.05, 3.63) is 107 Å². The highest BCUT2D eigenvalue weighted by Crippen LogP contribution is 2.38. The van der Waals surface area contributed by atoms with Gasteiger partial charge in [-0.25, -0.2) is 4.98 Å². The van der Waals surface area contributed by atoms with Crippen LogP contribution in [0.15, 0.2) is 77.4 Å². The summed E-state index contributed by atoms with van der Waals surface area (Å²) in [6.45, 7) is 7.70. The molecule has 0 aliphatic carbocycles. The van der Waals surface area contributed by atoms with Gasteiger partial charge in [-0.1, -0.05) is 47.6 Å². The van der Waals surface area contributed by atoms with E-state index < -0.39 is 0 Å². The molecule has 0 unspecified atom stereocenters. The number of anilines is 1. The number of aromatic nitrogens is 2. The Morgan fingerprint density at radius 1 is 0.938 bits per heavy atom. The minimum absolute atomic E-state index is 0.0809. The summed E-state index contributed by atoms with van der Waals surface area (Å²) >= 11 is 0. The van der Waals surface area contributed by atoms with Crippen molar-refractivity contribution in [1.29, 1.82) is 5.26 Å². The third-order valence-electron chi connectivity index (χ3n) is 9.82. The summed E-state index contributed by atoms with van der Waals surface area (Å²) in [5.74, 6) is 2.05. The largest absolute Gasteiger partial charge is 0.492 e. The van der Waals surface area contributed by atoms with Crippen molar-refractivity contribution in [3.63, 3.8) is 0 Å². The van der Waals surface area contributed by atoms with Crippen molar-refractivity contribution in [2.24, 2.45) is 5.41 Å². The van der Waals surface area contributed by atoms with E-state index in [1.54, 1.807) is 12.3 Å². The van der Waals surface area contributed by atoms with Gasteiger partial charge in [-0.3, -0.25) is 9.59 Å². The standard InChI is InChI=1S/C38H42N6O4/c1-28-33(29(2)48-41-28)23-36(45)43-19-16-38(17-20-43)15-8-18-42(35-14-13-31(24-39)25-40-35)21-22-44(26-30-9-4-3-5-10-30)37(46)32-11-6-7-12-34(32)47-27-38/h3-7,9-14,25H,8,15-23,26-27H2,1-2H3. The Bertz CT molecular complexity index is 1740. The van der Waals surface area contributed by atoms with E-state index in [-0.39, 0.29) is 23.7 Å². The number of nitrogens with zero attached hydrogens (tertiary/aromatic N) is 6. The number of carbonyl (C=O) groups is 2. The Morgan fingerprint density at radius 3 is 2.42 bits per heavy atom. The molecule has 10 nitrogen and oxygen atoms in total. The Morgan fingerprint density at radius 2 is 1.71 bits per heavy atom. The van der Waals surface area contributed by atoms with Crippen molar-refractivity contribution in [2.45, 2.75) is 52.5 Å². The maximum Gasteiger partial charge on any atom is 0.257 e. The van der Waals surface area contributed by atoms with Crippen molar-refractivity contribution >= 4 is 17.6 Å². The number of para-hydroxylation sites is 1. The monoisotopic (exact) mass is 646 g/mol. The van der Waals surface area contributed by atoms with Crippen LogP contribution in [-0.4, -0.2) is 71.1 Å². The predicted molar refractivity (Wildman–Crippen MR) is 181 cm³/mol. The smallest absolute Gasteiger partial charge is 0.257 e. The summed E-state index contributed by atoms with van der Waals surface area (Å²) in [7, 11) is 0. The molecule has 1 saturated heterocycles. The fraction of sp³-hybridized carbons (Fsp3) is 0.395. The van der Waals surface area contributed by atoms with Gasteiger partial charge in [0.2, 0.25) is 5.91 Å². The first-order valence-corrected chi connectivity index (χ1v) is 16.7. The molecule has 248 valence electrons. The Labute approximate surface area is 281 Å². The number of carbonyl (C=O) groups excluding carboxylic acids is 2. The van der Waals surface area contributed by atoms with Crippen molar-refractivity contribution in [2.75, 3.05) is 44.2 Å². The Hall–Kier alpha value is -5.17. The van der Waals surface area contributed by atoms with E-state index in [0.717, 1.165) is 54.9 Å². The van der Waals surface area contributed by atoms with Crippen LogP contribution in [0.2, 0.25) is 0 Å². The number of hydrogen-bond acceptors (Lipinski definition) is 8. The molecule has 0 bridgehead atoms. The lowest BCUT2D eigenvalue weighted by atomic mass is 9.75. The number of ether oxygens (including phenoxy) is 1. The Kier molecular flexibility index (Phi) is 10.0. The summed E-state index contributed by atoms with van der Waals surface area (Å²) in [6, 6.07) is 23.4. The van der Waals surface area contributed by atoms with E-state index in [2.05, 4.69) is 21.1 Å². The van der Waals surface area contributed by atoms with Gasteiger partial charge in [-0.05, 0) is 69.4 Å². The van der Waals surface area contributed by atoms with Gasteiger partial charge in [0.05, 0.1) is 29.8 Å². The number of pyridine rings is 1. The quantitative estimate of drug-likeness (QED) is 0.270. The average molecular weight is 647 g/mol. The lowest BCUT2D eigenvalue weighted by Crippen LogP contribution is -2.46. The highest BCUT2D eigenvalue weighted by molar-refractivity contribution is 5.97. The van der Waals surface area contributed by atoms with Crippen LogP contribution in [0.25, 0.3) is 0 Å². The third-order valence-corrected chi connectivity index (χ3v) is 9.82. The molecular formula is C38H42N6O4. The van der Waals surface area contributed by atoms with Crippen LogP contribution in [0.1, 0.15) is 64.2 Å². The van der Waals surface area contributed by atoms with Gasteiger partial charge < -0.3 is 24.0 Å². The van der Waals surface area contributed by atoms with Crippen molar-refractivity contribution in [3.8, 4) is 11.8 Å². The van der Waals surface area contributed by atoms with Gasteiger partial charge in [0.25, 0.3) is 5.91 Å². The fourth-order valence-corrected chi connectivity index (χ4v) is 6.81. The Balaban J connectivity index is 1.26. The second-order valence-corrected chi connectivity index (χ2v) is 13.0. The molecule has 0 saturated carbocycles. The predicted octanol–water partition coefficient (Wildman–Crippen LogP) is 5.73. The van der Waals surface area contributed by atoms with E-state index in [0.29, 0.717) is 62.0 Å². The van der Waals surface area contributed by atoms with Crippen LogP contribution in [-0.2, 0) is 17.8 Å². The minimum atomic E-state index is -0.169. The van der Waals surface area contributed by atoms with Gasteiger partial charge >= 0.3 is 0 Å². The van der Waals surface area contributed by atoms with Crippen LogP contribution in [0, 0.1) is 30.6 Å². The topological polar surface area (TPSA) is 116 Å². The zero-order chi connectivity index (χ0) is 33.5. The average Bonchev–Trinajstić information content (AvgIpc) is 3.44. The van der Waals surface area contributed by atoms with E-state index >= 15 is 0 Å². The molecule has 2 aliphatic rings. The zero-order valence-corrected chi connectivity index (χ0v) is 27.7. The number of piperidine rings is 1. The molecule has 1 fully saturated rings. The summed E-state index contributed by atoms with van der Waals surface area (Å²) in [4.78, 5) is 38.3. The number of nitriles is 1. The minimum Gasteiger partial charge on any atom is -0.492 e. The highest BCUT2D eigenvalue weighted by Gasteiger charge is 2.37. The van der Waals surface area contributed by atoms with Crippen molar-refractivity contribution in [1.82, 2.24) is 19.9 Å². The highest BCUT2D eigenvalue weighted by atomic mass is 16.5. The zero-order valence-electron chi connectivity index (χ0n) is 27.7. The number of amides is 2. The molecule has 2 aromatic carbocycles. The molecule has 0 atom stereocenters. The third kappa shape index (κ3) is 7.52.